The number of benzene rings is 2. The molecule has 1 unspecified atom stereocenters. The Kier molecular flexibility index (Phi) is 5.62. The van der Waals surface area contributed by atoms with Gasteiger partial charge in [-0.2, -0.15) is 0 Å². The summed E-state index contributed by atoms with van der Waals surface area (Å²) >= 11 is 1.15. The quantitative estimate of drug-likeness (QED) is 0.466. The van der Waals surface area contributed by atoms with Crippen molar-refractivity contribution >= 4 is 23.4 Å². The summed E-state index contributed by atoms with van der Waals surface area (Å²) in [6.07, 6.45) is 3.27. The van der Waals surface area contributed by atoms with Gasteiger partial charge in [-0.1, -0.05) is 30.3 Å². The minimum absolute atomic E-state index is 0.264. The first-order valence-corrected chi connectivity index (χ1v) is 9.59. The van der Waals surface area contributed by atoms with Crippen LogP contribution in [0.1, 0.15) is 10.8 Å². The Balaban J connectivity index is 1.57. The monoisotopic (exact) mass is 406 g/mol. The van der Waals surface area contributed by atoms with Crippen molar-refractivity contribution in [1.82, 2.24) is 15.2 Å². The number of nitrogens with one attached hydrogen (secondary N) is 1. The third kappa shape index (κ3) is 4.67. The summed E-state index contributed by atoms with van der Waals surface area (Å²) in [5.41, 5.74) is 2.02. The van der Waals surface area contributed by atoms with Crippen molar-refractivity contribution < 1.29 is 13.6 Å². The van der Waals surface area contributed by atoms with Crippen molar-refractivity contribution in [1.29, 1.82) is 0 Å². The van der Waals surface area contributed by atoms with Crippen LogP contribution in [0.15, 0.2) is 88.8 Å². The van der Waals surface area contributed by atoms with Gasteiger partial charge >= 0.3 is 0 Å². The maximum atomic E-state index is 13.1. The van der Waals surface area contributed by atoms with Gasteiger partial charge in [-0.05, 0) is 53.7 Å². The van der Waals surface area contributed by atoms with Crippen LogP contribution in [0.3, 0.4) is 0 Å². The van der Waals surface area contributed by atoms with Crippen molar-refractivity contribution in [3.05, 3.63) is 90.5 Å². The number of nitrogens with zero attached hydrogens (tertiary/aromatic N) is 3. The van der Waals surface area contributed by atoms with E-state index in [2.05, 4.69) is 20.5 Å². The van der Waals surface area contributed by atoms with Gasteiger partial charge in [0.2, 0.25) is 11.8 Å². The number of hydrogen-bond donors (Lipinski definition) is 1. The van der Waals surface area contributed by atoms with Gasteiger partial charge in [0.05, 0.1) is 0 Å². The van der Waals surface area contributed by atoms with Crippen LogP contribution in [-0.2, 0) is 4.79 Å². The van der Waals surface area contributed by atoms with Crippen LogP contribution in [0.2, 0.25) is 0 Å². The van der Waals surface area contributed by atoms with E-state index in [1.54, 1.807) is 24.5 Å². The molecule has 0 aliphatic carbocycles. The molecule has 0 saturated carbocycles. The summed E-state index contributed by atoms with van der Waals surface area (Å²) in [5.74, 6) is -0.302. The molecule has 0 bridgehead atoms. The first-order valence-electron chi connectivity index (χ1n) is 8.71. The van der Waals surface area contributed by atoms with Crippen LogP contribution in [0.25, 0.3) is 11.5 Å². The summed E-state index contributed by atoms with van der Waals surface area (Å²) in [7, 11) is 0. The van der Waals surface area contributed by atoms with Crippen LogP contribution in [0.4, 0.5) is 10.1 Å². The number of aromatic nitrogens is 3. The van der Waals surface area contributed by atoms with E-state index in [4.69, 9.17) is 4.42 Å². The number of hydrogen-bond acceptors (Lipinski definition) is 6. The highest BCUT2D eigenvalue weighted by molar-refractivity contribution is 8.00. The zero-order valence-corrected chi connectivity index (χ0v) is 15.8. The van der Waals surface area contributed by atoms with Gasteiger partial charge in [0.25, 0.3) is 5.22 Å². The Labute approximate surface area is 170 Å². The third-order valence-corrected chi connectivity index (χ3v) is 5.09. The molecule has 1 N–H and O–H groups in total. The number of carbonyl (C=O) groups is 1. The molecule has 0 saturated heterocycles. The molecule has 8 heteroatoms. The van der Waals surface area contributed by atoms with Crippen LogP contribution in [0, 0.1) is 5.82 Å². The maximum Gasteiger partial charge on any atom is 0.277 e. The second kappa shape index (κ2) is 8.66. The van der Waals surface area contributed by atoms with E-state index in [1.807, 2.05) is 30.3 Å². The number of pyridine rings is 1. The lowest BCUT2D eigenvalue weighted by atomic mass is 10.1. The summed E-state index contributed by atoms with van der Waals surface area (Å²) in [6.45, 7) is 0. The SMILES string of the molecule is O=C(Nc1ccc(F)cc1)C(Sc1nnc(-c2ccncc2)o1)c1ccccc1. The van der Waals surface area contributed by atoms with E-state index < -0.39 is 5.25 Å². The average Bonchev–Trinajstić information content (AvgIpc) is 3.24. The number of anilines is 1. The van der Waals surface area contributed by atoms with Gasteiger partial charge < -0.3 is 9.73 Å². The number of amides is 1. The minimum atomic E-state index is -0.632. The van der Waals surface area contributed by atoms with Crippen LogP contribution < -0.4 is 5.32 Å². The molecule has 1 amide bonds. The fraction of sp³-hybridized carbons (Fsp3) is 0.0476. The molecule has 0 spiro atoms. The lowest BCUT2D eigenvalue weighted by Crippen LogP contribution is -2.19. The number of thioether (sulfide) groups is 1. The third-order valence-electron chi connectivity index (χ3n) is 4.00. The maximum absolute atomic E-state index is 13.1. The molecule has 2 aromatic carbocycles. The number of halogens is 1. The predicted molar refractivity (Wildman–Crippen MR) is 108 cm³/mol. The molecule has 4 rings (SSSR count). The molecule has 4 aromatic rings. The van der Waals surface area contributed by atoms with E-state index in [9.17, 15) is 9.18 Å². The average molecular weight is 406 g/mol. The van der Waals surface area contributed by atoms with E-state index in [0.29, 0.717) is 11.6 Å². The second-order valence-corrected chi connectivity index (χ2v) is 7.07. The highest BCUT2D eigenvalue weighted by atomic mass is 32.2. The van der Waals surface area contributed by atoms with Gasteiger partial charge in [0.15, 0.2) is 0 Å². The van der Waals surface area contributed by atoms with Crippen LogP contribution in [0.5, 0.6) is 0 Å². The number of rotatable bonds is 6. The first-order chi connectivity index (χ1) is 14.2. The van der Waals surface area contributed by atoms with E-state index >= 15 is 0 Å². The highest BCUT2D eigenvalue weighted by Gasteiger charge is 2.25. The van der Waals surface area contributed by atoms with E-state index in [0.717, 1.165) is 22.9 Å². The lowest BCUT2D eigenvalue weighted by Gasteiger charge is -2.15. The highest BCUT2D eigenvalue weighted by Crippen LogP contribution is 2.36. The van der Waals surface area contributed by atoms with Gasteiger partial charge in [-0.15, -0.1) is 10.2 Å². The molecule has 0 radical (unpaired) electrons. The fourth-order valence-electron chi connectivity index (χ4n) is 2.61. The summed E-state index contributed by atoms with van der Waals surface area (Å²) in [5, 5.41) is 10.5. The molecule has 6 nitrogen and oxygen atoms in total. The van der Waals surface area contributed by atoms with Gasteiger partial charge in [-0.25, -0.2) is 4.39 Å². The lowest BCUT2D eigenvalue weighted by molar-refractivity contribution is -0.115. The molecule has 0 aliphatic rings. The normalized spacial score (nSPS) is 11.8. The summed E-state index contributed by atoms with van der Waals surface area (Å²) < 4.78 is 18.9. The Bertz CT molecular complexity index is 1090. The fourth-order valence-corrected chi connectivity index (χ4v) is 3.49. The van der Waals surface area contributed by atoms with E-state index in [1.165, 1.54) is 24.3 Å². The topological polar surface area (TPSA) is 80.9 Å². The van der Waals surface area contributed by atoms with E-state index in [-0.39, 0.29) is 16.9 Å². The van der Waals surface area contributed by atoms with Crippen LogP contribution in [-0.4, -0.2) is 21.1 Å². The van der Waals surface area contributed by atoms with Crippen molar-refractivity contribution in [3.63, 3.8) is 0 Å². The smallest absolute Gasteiger partial charge is 0.277 e. The van der Waals surface area contributed by atoms with Gasteiger partial charge in [0, 0.05) is 23.6 Å². The Morgan fingerprint density at radius 3 is 2.41 bits per heavy atom. The Hall–Kier alpha value is -3.52. The Morgan fingerprint density at radius 2 is 1.69 bits per heavy atom. The first kappa shape index (κ1) is 18.8. The second-order valence-electron chi connectivity index (χ2n) is 6.01. The largest absolute Gasteiger partial charge is 0.411 e. The molecule has 2 heterocycles. The predicted octanol–water partition coefficient (Wildman–Crippen LogP) is 4.74. The molecule has 0 aliphatic heterocycles. The van der Waals surface area contributed by atoms with Crippen molar-refractivity contribution in [2.75, 3.05) is 5.32 Å². The molecular weight excluding hydrogens is 391 g/mol. The van der Waals surface area contributed by atoms with Crippen molar-refractivity contribution in [2.45, 2.75) is 10.5 Å². The van der Waals surface area contributed by atoms with Crippen LogP contribution >= 0.6 is 11.8 Å². The Morgan fingerprint density at radius 1 is 0.966 bits per heavy atom. The molecular formula is C21H15FN4O2S. The van der Waals surface area contributed by atoms with Crippen molar-refractivity contribution in [3.8, 4) is 11.5 Å². The summed E-state index contributed by atoms with van der Waals surface area (Å²) in [6, 6.07) is 18.4. The minimum Gasteiger partial charge on any atom is -0.411 e. The zero-order chi connectivity index (χ0) is 20.1. The molecule has 1 atom stereocenters. The van der Waals surface area contributed by atoms with Gasteiger partial charge in [-0.3, -0.25) is 9.78 Å². The molecule has 2 aromatic heterocycles. The van der Waals surface area contributed by atoms with Gasteiger partial charge in [0.1, 0.15) is 11.1 Å². The molecule has 0 fully saturated rings. The van der Waals surface area contributed by atoms with Crippen molar-refractivity contribution in [2.24, 2.45) is 0 Å². The number of carbonyl (C=O) groups excluding carboxylic acids is 1. The molecule has 29 heavy (non-hydrogen) atoms. The zero-order valence-electron chi connectivity index (χ0n) is 15.0. The standard InChI is InChI=1S/C21H15FN4O2S/c22-16-6-8-17(9-7-16)24-19(27)18(14-4-2-1-3-5-14)29-21-26-25-20(28-21)15-10-12-23-13-11-15/h1-13,18H,(H,24,27). The molecule has 144 valence electrons. The summed E-state index contributed by atoms with van der Waals surface area (Å²) in [4.78, 5) is 16.9.